The number of amides is 1. The van der Waals surface area contributed by atoms with E-state index in [0.29, 0.717) is 26.8 Å². The minimum Gasteiger partial charge on any atom is -0.493 e. The molecule has 0 bridgehead atoms. The minimum absolute atomic E-state index is 0.133. The first-order valence-electron chi connectivity index (χ1n) is 9.15. The van der Waals surface area contributed by atoms with Crippen LogP contribution in [0.5, 0.6) is 11.5 Å². The summed E-state index contributed by atoms with van der Waals surface area (Å²) in [4.78, 5) is 17.0. The molecule has 160 valence electrons. The van der Waals surface area contributed by atoms with Crippen molar-refractivity contribution in [1.29, 1.82) is 0 Å². The third-order valence-corrected chi connectivity index (χ3v) is 6.71. The van der Waals surface area contributed by atoms with Crippen molar-refractivity contribution in [3.63, 3.8) is 0 Å². The number of nitrogens with zero attached hydrogens (tertiary/aromatic N) is 1. The van der Waals surface area contributed by atoms with E-state index >= 15 is 0 Å². The van der Waals surface area contributed by atoms with E-state index in [1.54, 1.807) is 51.3 Å². The molecule has 0 unspecified atom stereocenters. The topological polar surface area (TPSA) is 107 Å². The van der Waals surface area contributed by atoms with Gasteiger partial charge in [-0.3, -0.25) is 4.79 Å². The summed E-state index contributed by atoms with van der Waals surface area (Å²) in [5, 5.41) is 3.17. The van der Waals surface area contributed by atoms with E-state index in [2.05, 4.69) is 15.0 Å². The molecule has 0 saturated heterocycles. The summed E-state index contributed by atoms with van der Waals surface area (Å²) in [6, 6.07) is 9.76. The van der Waals surface area contributed by atoms with Gasteiger partial charge in [0.15, 0.2) is 16.6 Å². The Morgan fingerprint density at radius 2 is 1.83 bits per heavy atom. The van der Waals surface area contributed by atoms with Crippen molar-refractivity contribution in [2.24, 2.45) is 0 Å². The highest BCUT2D eigenvalue weighted by molar-refractivity contribution is 7.89. The number of hydrogen-bond donors (Lipinski definition) is 2. The lowest BCUT2D eigenvalue weighted by Gasteiger charge is -2.09. The maximum atomic E-state index is 12.4. The second kappa shape index (κ2) is 8.99. The van der Waals surface area contributed by atoms with Crippen LogP contribution in [0.4, 0.5) is 5.13 Å². The predicted molar refractivity (Wildman–Crippen MR) is 117 cm³/mol. The quantitative estimate of drug-likeness (QED) is 0.547. The Labute approximate surface area is 179 Å². The van der Waals surface area contributed by atoms with Crippen LogP contribution in [-0.4, -0.2) is 39.6 Å². The minimum atomic E-state index is -3.60. The van der Waals surface area contributed by atoms with Gasteiger partial charge in [0.2, 0.25) is 15.9 Å². The number of nitrogens with one attached hydrogen (secondary N) is 2. The van der Waals surface area contributed by atoms with Crippen LogP contribution in [0.1, 0.15) is 19.4 Å². The summed E-state index contributed by atoms with van der Waals surface area (Å²) < 4.78 is 38.4. The predicted octanol–water partition coefficient (Wildman–Crippen LogP) is 3.18. The Hall–Kier alpha value is -2.69. The highest BCUT2D eigenvalue weighted by Gasteiger charge is 2.17. The van der Waals surface area contributed by atoms with E-state index < -0.39 is 10.0 Å². The zero-order valence-corrected chi connectivity index (χ0v) is 18.7. The molecule has 1 aromatic heterocycles. The Kier molecular flexibility index (Phi) is 6.59. The van der Waals surface area contributed by atoms with Gasteiger partial charge in [-0.05, 0) is 49.7 Å². The van der Waals surface area contributed by atoms with Gasteiger partial charge in [0.05, 0.1) is 35.8 Å². The fraction of sp³-hybridized carbons (Fsp3) is 0.300. The molecule has 0 saturated carbocycles. The van der Waals surface area contributed by atoms with E-state index in [1.165, 1.54) is 24.5 Å². The van der Waals surface area contributed by atoms with Gasteiger partial charge in [0.25, 0.3) is 0 Å². The lowest BCUT2D eigenvalue weighted by molar-refractivity contribution is -0.115. The van der Waals surface area contributed by atoms with Crippen LogP contribution in [0.15, 0.2) is 41.3 Å². The molecule has 3 rings (SSSR count). The summed E-state index contributed by atoms with van der Waals surface area (Å²) >= 11 is 1.22. The highest BCUT2D eigenvalue weighted by atomic mass is 32.2. The molecule has 0 fully saturated rings. The summed E-state index contributed by atoms with van der Waals surface area (Å²) in [6.45, 7) is 3.52. The van der Waals surface area contributed by atoms with Crippen molar-refractivity contribution < 1.29 is 22.7 Å². The molecule has 0 aliphatic rings. The monoisotopic (exact) mass is 449 g/mol. The summed E-state index contributed by atoms with van der Waals surface area (Å²) in [6.07, 6.45) is 0.133. The zero-order valence-electron chi connectivity index (χ0n) is 17.1. The number of rotatable bonds is 8. The van der Waals surface area contributed by atoms with Crippen molar-refractivity contribution >= 4 is 42.6 Å². The standard InChI is InChI=1S/C20H23N3O5S2/c1-12(2)23-30(25,26)14-6-7-15-18(11-14)29-20(21-15)22-19(24)10-13-5-8-16(27-3)17(9-13)28-4/h5-9,11-12,23H,10H2,1-4H3,(H,21,22,24). The summed E-state index contributed by atoms with van der Waals surface area (Å²) in [7, 11) is -0.514. The van der Waals surface area contributed by atoms with Crippen LogP contribution in [0.2, 0.25) is 0 Å². The van der Waals surface area contributed by atoms with Crippen LogP contribution in [-0.2, 0) is 21.2 Å². The normalized spacial score (nSPS) is 11.6. The number of fused-ring (bicyclic) bond motifs is 1. The summed E-state index contributed by atoms with van der Waals surface area (Å²) in [5.74, 6) is 0.896. The number of ether oxygens (including phenoxy) is 2. The molecule has 0 atom stereocenters. The summed E-state index contributed by atoms with van der Waals surface area (Å²) in [5.41, 5.74) is 1.38. The van der Waals surface area contributed by atoms with Crippen LogP contribution in [0.3, 0.4) is 0 Å². The second-order valence-corrected chi connectivity index (χ2v) is 9.58. The van der Waals surface area contributed by atoms with E-state index in [-0.39, 0.29) is 23.3 Å². The molecule has 0 aliphatic carbocycles. The van der Waals surface area contributed by atoms with Crippen LogP contribution in [0, 0.1) is 0 Å². The molecule has 0 spiro atoms. The lowest BCUT2D eigenvalue weighted by Crippen LogP contribution is -2.30. The van der Waals surface area contributed by atoms with Crippen molar-refractivity contribution in [2.75, 3.05) is 19.5 Å². The van der Waals surface area contributed by atoms with Crippen LogP contribution >= 0.6 is 11.3 Å². The maximum absolute atomic E-state index is 12.4. The second-order valence-electron chi connectivity index (χ2n) is 6.84. The molecular formula is C20H23N3O5S2. The molecule has 0 radical (unpaired) electrons. The number of anilines is 1. The molecule has 1 amide bonds. The first-order valence-corrected chi connectivity index (χ1v) is 11.5. The molecule has 8 nitrogen and oxygen atoms in total. The molecule has 3 aromatic rings. The average Bonchev–Trinajstić information content (AvgIpc) is 3.08. The van der Waals surface area contributed by atoms with Gasteiger partial charge in [-0.1, -0.05) is 17.4 Å². The van der Waals surface area contributed by atoms with Gasteiger partial charge < -0.3 is 14.8 Å². The van der Waals surface area contributed by atoms with Crippen molar-refractivity contribution in [3.05, 3.63) is 42.0 Å². The third kappa shape index (κ3) is 5.07. The average molecular weight is 450 g/mol. The maximum Gasteiger partial charge on any atom is 0.240 e. The number of hydrogen-bond acceptors (Lipinski definition) is 7. The largest absolute Gasteiger partial charge is 0.493 e. The van der Waals surface area contributed by atoms with Crippen LogP contribution < -0.4 is 19.5 Å². The molecule has 10 heteroatoms. The van der Waals surface area contributed by atoms with Crippen molar-refractivity contribution in [3.8, 4) is 11.5 Å². The Balaban J connectivity index is 1.75. The van der Waals surface area contributed by atoms with Gasteiger partial charge >= 0.3 is 0 Å². The molecule has 0 aliphatic heterocycles. The smallest absolute Gasteiger partial charge is 0.240 e. The molecule has 1 heterocycles. The molecule has 2 N–H and O–H groups in total. The van der Waals surface area contributed by atoms with E-state index in [4.69, 9.17) is 9.47 Å². The third-order valence-electron chi connectivity index (χ3n) is 4.12. The van der Waals surface area contributed by atoms with Crippen molar-refractivity contribution in [1.82, 2.24) is 9.71 Å². The van der Waals surface area contributed by atoms with Crippen molar-refractivity contribution in [2.45, 2.75) is 31.2 Å². The highest BCUT2D eigenvalue weighted by Crippen LogP contribution is 2.30. The number of aromatic nitrogens is 1. The van der Waals surface area contributed by atoms with Gasteiger partial charge in [0.1, 0.15) is 0 Å². The van der Waals surface area contributed by atoms with E-state index in [1.807, 2.05) is 0 Å². The first-order chi connectivity index (χ1) is 14.2. The Morgan fingerprint density at radius 1 is 1.10 bits per heavy atom. The van der Waals surface area contributed by atoms with Gasteiger partial charge in [-0.2, -0.15) is 0 Å². The first kappa shape index (κ1) is 22.0. The molecule has 2 aromatic carbocycles. The fourth-order valence-electron chi connectivity index (χ4n) is 2.84. The van der Waals surface area contributed by atoms with E-state index in [0.717, 1.165) is 5.56 Å². The molecule has 30 heavy (non-hydrogen) atoms. The number of methoxy groups -OCH3 is 2. The number of sulfonamides is 1. The Bertz CT molecular complexity index is 1170. The number of carbonyl (C=O) groups excluding carboxylic acids is 1. The lowest BCUT2D eigenvalue weighted by atomic mass is 10.1. The zero-order chi connectivity index (χ0) is 21.9. The fourth-order valence-corrected chi connectivity index (χ4v) is 5.12. The molecular weight excluding hydrogens is 426 g/mol. The SMILES string of the molecule is COc1ccc(CC(=O)Nc2nc3ccc(S(=O)(=O)NC(C)C)cc3s2)cc1OC. The van der Waals surface area contributed by atoms with E-state index in [9.17, 15) is 13.2 Å². The number of thiazole rings is 1. The van der Waals surface area contributed by atoms with Gasteiger partial charge in [-0.25, -0.2) is 18.1 Å². The van der Waals surface area contributed by atoms with Gasteiger partial charge in [-0.15, -0.1) is 0 Å². The van der Waals surface area contributed by atoms with Gasteiger partial charge in [0, 0.05) is 6.04 Å². The Morgan fingerprint density at radius 3 is 2.50 bits per heavy atom. The van der Waals surface area contributed by atoms with Crippen LogP contribution in [0.25, 0.3) is 10.2 Å². The number of carbonyl (C=O) groups is 1. The number of benzene rings is 2.